The van der Waals surface area contributed by atoms with E-state index in [-0.39, 0.29) is 23.2 Å². The van der Waals surface area contributed by atoms with E-state index in [1.807, 2.05) is 0 Å². The number of rotatable bonds is 3. The van der Waals surface area contributed by atoms with Crippen LogP contribution in [0.15, 0.2) is 23.1 Å². The van der Waals surface area contributed by atoms with E-state index in [1.54, 1.807) is 6.92 Å². The van der Waals surface area contributed by atoms with Gasteiger partial charge >= 0.3 is 0 Å². The number of amides is 1. The van der Waals surface area contributed by atoms with Gasteiger partial charge in [-0.1, -0.05) is 11.6 Å². The number of carbonyl (C=O) groups is 1. The summed E-state index contributed by atoms with van der Waals surface area (Å²) in [5.74, 6) is -0.961. The highest BCUT2D eigenvalue weighted by molar-refractivity contribution is 7.89. The molecule has 6 nitrogen and oxygen atoms in total. The summed E-state index contributed by atoms with van der Waals surface area (Å²) in [6.45, 7) is 1.88. The number of nitrogens with two attached hydrogens (primary N) is 2. The average Bonchev–Trinajstić information content (AvgIpc) is 2.41. The molecule has 2 rings (SSSR count). The highest BCUT2D eigenvalue weighted by atomic mass is 35.5. The molecule has 21 heavy (non-hydrogen) atoms. The minimum absolute atomic E-state index is 0.0352. The second-order valence-corrected chi connectivity index (χ2v) is 7.58. The predicted molar refractivity (Wildman–Crippen MR) is 81.1 cm³/mol. The van der Waals surface area contributed by atoms with Crippen LogP contribution in [0.3, 0.4) is 0 Å². The van der Waals surface area contributed by atoms with Crippen molar-refractivity contribution in [2.75, 3.05) is 12.3 Å². The highest BCUT2D eigenvalue weighted by Gasteiger charge is 2.37. The first kappa shape index (κ1) is 16.1. The predicted octanol–water partition coefficient (Wildman–Crippen LogP) is 1.20. The molecule has 1 aliphatic rings. The quantitative estimate of drug-likeness (QED) is 0.811. The first-order valence-corrected chi connectivity index (χ1v) is 8.41. The lowest BCUT2D eigenvalue weighted by molar-refractivity contribution is -0.123. The molecule has 1 aromatic carbocycles. The smallest absolute Gasteiger partial charge is 0.245 e. The molecule has 1 fully saturated rings. The van der Waals surface area contributed by atoms with Crippen molar-refractivity contribution in [1.82, 2.24) is 4.31 Å². The van der Waals surface area contributed by atoms with Gasteiger partial charge in [-0.05, 0) is 38.0 Å². The van der Waals surface area contributed by atoms with Gasteiger partial charge in [0.15, 0.2) is 0 Å². The highest BCUT2D eigenvalue weighted by Crippen LogP contribution is 2.31. The molecule has 8 heteroatoms. The molecule has 0 saturated carbocycles. The van der Waals surface area contributed by atoms with E-state index >= 15 is 0 Å². The van der Waals surface area contributed by atoms with Gasteiger partial charge in [-0.15, -0.1) is 0 Å². The lowest BCUT2D eigenvalue weighted by atomic mass is 9.95. The zero-order valence-electron chi connectivity index (χ0n) is 11.6. The van der Waals surface area contributed by atoms with E-state index in [0.717, 1.165) is 0 Å². The van der Waals surface area contributed by atoms with Gasteiger partial charge in [-0.2, -0.15) is 4.31 Å². The second-order valence-electron chi connectivity index (χ2n) is 5.28. The van der Waals surface area contributed by atoms with E-state index in [9.17, 15) is 13.2 Å². The van der Waals surface area contributed by atoms with Gasteiger partial charge in [0.25, 0.3) is 0 Å². The number of piperidine rings is 1. The third-order valence-corrected chi connectivity index (χ3v) is 6.06. The monoisotopic (exact) mass is 331 g/mol. The molecule has 116 valence electrons. The first-order valence-electron chi connectivity index (χ1n) is 6.59. The zero-order valence-corrected chi connectivity index (χ0v) is 13.2. The van der Waals surface area contributed by atoms with Gasteiger partial charge in [0.05, 0.1) is 11.6 Å². The summed E-state index contributed by atoms with van der Waals surface area (Å²) < 4.78 is 26.8. The lowest BCUT2D eigenvalue weighted by Crippen LogP contribution is -2.48. The van der Waals surface area contributed by atoms with Crippen LogP contribution in [0.25, 0.3) is 0 Å². The van der Waals surface area contributed by atoms with Crippen molar-refractivity contribution in [2.45, 2.75) is 30.7 Å². The standard InChI is InChI=1S/C13H18ClN3O3S/c1-8-2-3-9(13(16)18)7-17(8)21(19,20)12-6-10(14)4-5-11(12)15/h4-6,8-9H,2-3,7,15H2,1H3,(H2,16,18). The average molecular weight is 332 g/mol. The number of nitrogens with zero attached hydrogens (tertiary/aromatic N) is 1. The van der Waals surface area contributed by atoms with Crippen molar-refractivity contribution >= 4 is 33.2 Å². The molecular weight excluding hydrogens is 314 g/mol. The number of primary amides is 1. The van der Waals surface area contributed by atoms with Crippen molar-refractivity contribution in [3.8, 4) is 0 Å². The van der Waals surface area contributed by atoms with Crippen LogP contribution in [0.4, 0.5) is 5.69 Å². The Hall–Kier alpha value is -1.31. The van der Waals surface area contributed by atoms with Crippen molar-refractivity contribution in [3.63, 3.8) is 0 Å². The minimum atomic E-state index is -3.81. The summed E-state index contributed by atoms with van der Waals surface area (Å²) in [5.41, 5.74) is 11.2. The fourth-order valence-electron chi connectivity index (χ4n) is 2.50. The summed E-state index contributed by atoms with van der Waals surface area (Å²) in [6.07, 6.45) is 1.17. The number of halogens is 1. The van der Waals surface area contributed by atoms with E-state index in [4.69, 9.17) is 23.1 Å². The normalized spacial score (nSPS) is 23.9. The van der Waals surface area contributed by atoms with Crippen LogP contribution in [0.2, 0.25) is 5.02 Å². The topological polar surface area (TPSA) is 106 Å². The Bertz CT molecular complexity index is 663. The van der Waals surface area contributed by atoms with Gasteiger partial charge in [-0.25, -0.2) is 8.42 Å². The number of sulfonamides is 1. The maximum absolute atomic E-state index is 12.8. The molecule has 0 radical (unpaired) electrons. The molecule has 0 aliphatic carbocycles. The van der Waals surface area contributed by atoms with Crippen LogP contribution in [0.5, 0.6) is 0 Å². The molecule has 2 atom stereocenters. The molecule has 0 bridgehead atoms. The van der Waals surface area contributed by atoms with Gasteiger partial charge in [0.2, 0.25) is 15.9 Å². The minimum Gasteiger partial charge on any atom is -0.398 e. The summed E-state index contributed by atoms with van der Waals surface area (Å²) in [5, 5.41) is 0.291. The molecule has 1 aliphatic heterocycles. The van der Waals surface area contributed by atoms with E-state index in [0.29, 0.717) is 17.9 Å². The van der Waals surface area contributed by atoms with Crippen LogP contribution >= 0.6 is 11.6 Å². The Kier molecular flexibility index (Phi) is 4.46. The largest absolute Gasteiger partial charge is 0.398 e. The van der Waals surface area contributed by atoms with Gasteiger partial charge in [-0.3, -0.25) is 4.79 Å². The van der Waals surface area contributed by atoms with Crippen molar-refractivity contribution < 1.29 is 13.2 Å². The number of anilines is 1. The van der Waals surface area contributed by atoms with Crippen LogP contribution < -0.4 is 11.5 Å². The molecule has 0 spiro atoms. The van der Waals surface area contributed by atoms with Crippen LogP contribution in [-0.2, 0) is 14.8 Å². The van der Waals surface area contributed by atoms with Gasteiger partial charge in [0.1, 0.15) is 4.90 Å². The number of hydrogen-bond acceptors (Lipinski definition) is 4. The molecule has 2 unspecified atom stereocenters. The fraction of sp³-hybridized carbons (Fsp3) is 0.462. The summed E-state index contributed by atoms with van der Waals surface area (Å²) in [7, 11) is -3.81. The molecule has 1 heterocycles. The Morgan fingerprint density at radius 2 is 2.05 bits per heavy atom. The van der Waals surface area contributed by atoms with Crippen molar-refractivity contribution in [3.05, 3.63) is 23.2 Å². The number of benzene rings is 1. The van der Waals surface area contributed by atoms with Crippen LogP contribution in [-0.4, -0.2) is 31.2 Å². The Balaban J connectivity index is 2.42. The Morgan fingerprint density at radius 1 is 1.38 bits per heavy atom. The first-order chi connectivity index (χ1) is 9.73. The number of nitrogen functional groups attached to an aromatic ring is 1. The Labute approximate surface area is 129 Å². The van der Waals surface area contributed by atoms with E-state index in [1.165, 1.54) is 22.5 Å². The SMILES string of the molecule is CC1CCC(C(N)=O)CN1S(=O)(=O)c1cc(Cl)ccc1N. The van der Waals surface area contributed by atoms with Gasteiger partial charge < -0.3 is 11.5 Å². The van der Waals surface area contributed by atoms with E-state index in [2.05, 4.69) is 0 Å². The molecule has 1 amide bonds. The summed E-state index contributed by atoms with van der Waals surface area (Å²) >= 11 is 5.86. The maximum Gasteiger partial charge on any atom is 0.245 e. The number of carbonyl (C=O) groups excluding carboxylic acids is 1. The van der Waals surface area contributed by atoms with Crippen molar-refractivity contribution in [1.29, 1.82) is 0 Å². The van der Waals surface area contributed by atoms with Crippen LogP contribution in [0.1, 0.15) is 19.8 Å². The third-order valence-electron chi connectivity index (χ3n) is 3.79. The molecule has 4 N–H and O–H groups in total. The molecule has 0 aromatic heterocycles. The second kappa shape index (κ2) is 5.82. The number of hydrogen-bond donors (Lipinski definition) is 2. The molecular formula is C13H18ClN3O3S. The maximum atomic E-state index is 12.8. The van der Waals surface area contributed by atoms with Crippen LogP contribution in [0, 0.1) is 5.92 Å². The lowest BCUT2D eigenvalue weighted by Gasteiger charge is -2.36. The Morgan fingerprint density at radius 3 is 2.67 bits per heavy atom. The zero-order chi connectivity index (χ0) is 15.8. The fourth-order valence-corrected chi connectivity index (χ4v) is 4.59. The summed E-state index contributed by atoms with van der Waals surface area (Å²) in [4.78, 5) is 11.3. The van der Waals surface area contributed by atoms with Gasteiger partial charge in [0, 0.05) is 17.6 Å². The van der Waals surface area contributed by atoms with E-state index < -0.39 is 21.8 Å². The molecule has 1 aromatic rings. The van der Waals surface area contributed by atoms with Crippen molar-refractivity contribution in [2.24, 2.45) is 11.7 Å². The third kappa shape index (κ3) is 3.14. The summed E-state index contributed by atoms with van der Waals surface area (Å²) in [6, 6.07) is 4.09. The molecule has 1 saturated heterocycles.